The van der Waals surface area contributed by atoms with Gasteiger partial charge >= 0.3 is 0 Å². The fourth-order valence-corrected chi connectivity index (χ4v) is 1.75. The van der Waals surface area contributed by atoms with E-state index < -0.39 is 5.60 Å². The van der Waals surface area contributed by atoms with Crippen LogP contribution in [0.25, 0.3) is 0 Å². The van der Waals surface area contributed by atoms with E-state index in [0.29, 0.717) is 24.3 Å². The van der Waals surface area contributed by atoms with Gasteiger partial charge in [-0.05, 0) is 37.5 Å². The highest BCUT2D eigenvalue weighted by Crippen LogP contribution is 2.31. The van der Waals surface area contributed by atoms with Gasteiger partial charge in [-0.3, -0.25) is 0 Å². The van der Waals surface area contributed by atoms with Crippen molar-refractivity contribution in [3.05, 3.63) is 23.8 Å². The summed E-state index contributed by atoms with van der Waals surface area (Å²) in [6.07, 6.45) is 1.31. The molecule has 0 aliphatic heterocycles. The summed E-state index contributed by atoms with van der Waals surface area (Å²) in [6, 6.07) is 5.57. The highest BCUT2D eigenvalue weighted by Gasteiger charge is 2.23. The Kier molecular flexibility index (Phi) is 5.63. The van der Waals surface area contributed by atoms with Crippen LogP contribution in [-0.2, 0) is 0 Å². The lowest BCUT2D eigenvalue weighted by Gasteiger charge is -2.25. The zero-order valence-electron chi connectivity index (χ0n) is 12.3. The molecule has 4 nitrogen and oxygen atoms in total. The van der Waals surface area contributed by atoms with E-state index in [-0.39, 0.29) is 12.6 Å². The van der Waals surface area contributed by atoms with Gasteiger partial charge in [0.2, 0.25) is 0 Å². The lowest BCUT2D eigenvalue weighted by molar-refractivity contribution is -0.0119. The summed E-state index contributed by atoms with van der Waals surface area (Å²) in [6.45, 7) is 6.07. The standard InChI is InChI=1S/C15H25NO3/c1-5-15(17,6-2)10-19-13-8-7-12(11(3)16)9-14(13)18-4/h7-9,11,17H,5-6,10,16H2,1-4H3/t11-/m1/s1. The van der Waals surface area contributed by atoms with E-state index in [2.05, 4.69) is 0 Å². The average molecular weight is 267 g/mol. The van der Waals surface area contributed by atoms with Crippen molar-refractivity contribution in [2.45, 2.75) is 45.3 Å². The Morgan fingerprint density at radius 3 is 2.37 bits per heavy atom. The molecule has 0 aliphatic carbocycles. The Balaban J connectivity index is 2.84. The van der Waals surface area contributed by atoms with Gasteiger partial charge in [-0.25, -0.2) is 0 Å². The average Bonchev–Trinajstić information content (AvgIpc) is 2.44. The molecule has 0 amide bonds. The predicted octanol–water partition coefficient (Wildman–Crippen LogP) is 2.64. The summed E-state index contributed by atoms with van der Waals surface area (Å²) in [5.41, 5.74) is 6.04. The Morgan fingerprint density at radius 2 is 1.89 bits per heavy atom. The molecule has 1 rings (SSSR count). The maximum atomic E-state index is 10.2. The quantitative estimate of drug-likeness (QED) is 0.797. The third kappa shape index (κ3) is 4.11. The first-order chi connectivity index (χ1) is 8.95. The Morgan fingerprint density at radius 1 is 1.26 bits per heavy atom. The molecular formula is C15H25NO3. The molecule has 0 bridgehead atoms. The molecule has 0 radical (unpaired) electrons. The highest BCUT2D eigenvalue weighted by molar-refractivity contribution is 5.43. The Labute approximate surface area is 115 Å². The molecule has 0 saturated heterocycles. The monoisotopic (exact) mass is 267 g/mol. The first-order valence-corrected chi connectivity index (χ1v) is 6.74. The number of rotatable bonds is 7. The van der Waals surface area contributed by atoms with Crippen LogP contribution in [0.1, 0.15) is 45.2 Å². The van der Waals surface area contributed by atoms with Crippen LogP contribution in [0.2, 0.25) is 0 Å². The molecule has 0 aromatic heterocycles. The predicted molar refractivity (Wildman–Crippen MR) is 76.6 cm³/mol. The maximum Gasteiger partial charge on any atom is 0.161 e. The topological polar surface area (TPSA) is 64.7 Å². The minimum absolute atomic E-state index is 0.0498. The fraction of sp³-hybridized carbons (Fsp3) is 0.600. The third-order valence-corrected chi connectivity index (χ3v) is 3.53. The number of ether oxygens (including phenoxy) is 2. The van der Waals surface area contributed by atoms with E-state index >= 15 is 0 Å². The van der Waals surface area contributed by atoms with Gasteiger partial charge in [-0.2, -0.15) is 0 Å². The van der Waals surface area contributed by atoms with Crippen molar-refractivity contribution in [3.63, 3.8) is 0 Å². The van der Waals surface area contributed by atoms with E-state index in [4.69, 9.17) is 15.2 Å². The Bertz CT molecular complexity index is 400. The summed E-state index contributed by atoms with van der Waals surface area (Å²) in [5, 5.41) is 10.2. The van der Waals surface area contributed by atoms with E-state index in [1.54, 1.807) is 7.11 Å². The summed E-state index contributed by atoms with van der Waals surface area (Å²) >= 11 is 0. The zero-order valence-corrected chi connectivity index (χ0v) is 12.3. The number of benzene rings is 1. The van der Waals surface area contributed by atoms with Crippen molar-refractivity contribution in [2.24, 2.45) is 5.73 Å². The van der Waals surface area contributed by atoms with Crippen molar-refractivity contribution in [1.82, 2.24) is 0 Å². The molecule has 4 heteroatoms. The van der Waals surface area contributed by atoms with Crippen LogP contribution in [0.3, 0.4) is 0 Å². The number of hydrogen-bond donors (Lipinski definition) is 2. The lowest BCUT2D eigenvalue weighted by Crippen LogP contribution is -2.34. The van der Waals surface area contributed by atoms with Crippen molar-refractivity contribution in [3.8, 4) is 11.5 Å². The van der Waals surface area contributed by atoms with E-state index in [1.165, 1.54) is 0 Å². The van der Waals surface area contributed by atoms with Gasteiger partial charge in [0.05, 0.1) is 12.7 Å². The van der Waals surface area contributed by atoms with Crippen molar-refractivity contribution < 1.29 is 14.6 Å². The second kappa shape index (κ2) is 6.78. The largest absolute Gasteiger partial charge is 0.493 e. The smallest absolute Gasteiger partial charge is 0.161 e. The molecule has 0 aliphatic rings. The van der Waals surface area contributed by atoms with Crippen molar-refractivity contribution >= 4 is 0 Å². The van der Waals surface area contributed by atoms with E-state index in [0.717, 1.165) is 5.56 Å². The van der Waals surface area contributed by atoms with Crippen LogP contribution in [0.15, 0.2) is 18.2 Å². The normalized spacial score (nSPS) is 13.2. The first-order valence-electron chi connectivity index (χ1n) is 6.74. The highest BCUT2D eigenvalue weighted by atomic mass is 16.5. The number of nitrogens with two attached hydrogens (primary N) is 1. The maximum absolute atomic E-state index is 10.2. The molecule has 1 aromatic rings. The van der Waals surface area contributed by atoms with Crippen molar-refractivity contribution in [1.29, 1.82) is 0 Å². The van der Waals surface area contributed by atoms with Gasteiger partial charge in [0, 0.05) is 6.04 Å². The van der Waals surface area contributed by atoms with Gasteiger partial charge < -0.3 is 20.3 Å². The van der Waals surface area contributed by atoms with Gasteiger partial charge in [0.1, 0.15) is 6.61 Å². The zero-order chi connectivity index (χ0) is 14.5. The van der Waals surface area contributed by atoms with Crippen LogP contribution >= 0.6 is 0 Å². The van der Waals surface area contributed by atoms with Gasteiger partial charge in [-0.1, -0.05) is 19.9 Å². The van der Waals surface area contributed by atoms with E-state index in [9.17, 15) is 5.11 Å². The molecule has 0 unspecified atom stereocenters. The molecule has 0 heterocycles. The minimum Gasteiger partial charge on any atom is -0.493 e. The second-order valence-corrected chi connectivity index (χ2v) is 4.92. The number of methoxy groups -OCH3 is 1. The van der Waals surface area contributed by atoms with Crippen LogP contribution < -0.4 is 15.2 Å². The number of aliphatic hydroxyl groups is 1. The summed E-state index contributed by atoms with van der Waals surface area (Å²) in [7, 11) is 1.60. The third-order valence-electron chi connectivity index (χ3n) is 3.53. The minimum atomic E-state index is -0.787. The SMILES string of the molecule is CCC(O)(CC)COc1ccc([C@@H](C)N)cc1OC. The molecule has 19 heavy (non-hydrogen) atoms. The second-order valence-electron chi connectivity index (χ2n) is 4.92. The molecule has 1 atom stereocenters. The van der Waals surface area contributed by atoms with Crippen LogP contribution in [0.5, 0.6) is 11.5 Å². The molecule has 108 valence electrons. The molecule has 0 saturated carbocycles. The van der Waals surface area contributed by atoms with Crippen molar-refractivity contribution in [2.75, 3.05) is 13.7 Å². The Hall–Kier alpha value is -1.26. The molecule has 1 aromatic carbocycles. The van der Waals surface area contributed by atoms with Gasteiger partial charge in [0.25, 0.3) is 0 Å². The molecule has 0 fully saturated rings. The summed E-state index contributed by atoms with van der Waals surface area (Å²) in [4.78, 5) is 0. The van der Waals surface area contributed by atoms with Crippen LogP contribution in [0, 0.1) is 0 Å². The first kappa shape index (κ1) is 15.8. The fourth-order valence-electron chi connectivity index (χ4n) is 1.75. The summed E-state index contributed by atoms with van der Waals surface area (Å²) in [5.74, 6) is 1.27. The van der Waals surface area contributed by atoms with E-state index in [1.807, 2.05) is 39.0 Å². The van der Waals surface area contributed by atoms with Crippen LogP contribution in [-0.4, -0.2) is 24.4 Å². The number of hydrogen-bond acceptors (Lipinski definition) is 4. The van der Waals surface area contributed by atoms with Gasteiger partial charge in [-0.15, -0.1) is 0 Å². The summed E-state index contributed by atoms with van der Waals surface area (Å²) < 4.78 is 11.0. The molecular weight excluding hydrogens is 242 g/mol. The van der Waals surface area contributed by atoms with Gasteiger partial charge in [0.15, 0.2) is 11.5 Å². The van der Waals surface area contributed by atoms with Crippen LogP contribution in [0.4, 0.5) is 0 Å². The molecule has 3 N–H and O–H groups in total. The lowest BCUT2D eigenvalue weighted by atomic mass is 9.99. The molecule has 0 spiro atoms.